The lowest BCUT2D eigenvalue weighted by Gasteiger charge is -2.35. The molecule has 0 spiro atoms. The average molecular weight is 444 g/mol. The first-order chi connectivity index (χ1) is 15.3. The van der Waals surface area contributed by atoms with E-state index in [1.807, 2.05) is 4.90 Å². The quantitative estimate of drug-likeness (QED) is 0.598. The molecule has 2 atom stereocenters. The fraction of sp³-hybridized carbons (Fsp3) is 0.391. The first-order valence-electron chi connectivity index (χ1n) is 10.6. The molecule has 0 bridgehead atoms. The maximum absolute atomic E-state index is 13.2. The van der Waals surface area contributed by atoms with Gasteiger partial charge in [-0.3, -0.25) is 9.59 Å². The lowest BCUT2D eigenvalue weighted by molar-refractivity contribution is -0.136. The van der Waals surface area contributed by atoms with Crippen molar-refractivity contribution in [2.45, 2.75) is 50.9 Å². The van der Waals surface area contributed by atoms with Gasteiger partial charge in [0.1, 0.15) is 0 Å². The first-order valence-corrected chi connectivity index (χ1v) is 10.6. The van der Waals surface area contributed by atoms with Crippen LogP contribution >= 0.6 is 0 Å². The van der Waals surface area contributed by atoms with Crippen LogP contribution < -0.4 is 5.32 Å². The zero-order chi connectivity index (χ0) is 22.9. The van der Waals surface area contributed by atoms with Crippen molar-refractivity contribution in [3.8, 4) is 0 Å². The molecule has 2 aromatic rings. The van der Waals surface area contributed by atoms with Gasteiger partial charge in [0, 0.05) is 23.7 Å². The van der Waals surface area contributed by atoms with Crippen molar-refractivity contribution in [3.05, 3.63) is 59.2 Å². The summed E-state index contributed by atoms with van der Waals surface area (Å²) in [5, 5.41) is 10.3. The number of para-hydroxylation sites is 1. The number of azo groups is 1. The third-order valence-corrected chi connectivity index (χ3v) is 5.96. The number of fused-ring (bicyclic) bond motifs is 1. The summed E-state index contributed by atoms with van der Waals surface area (Å²) in [7, 11) is 0. The SMILES string of the molecule is CC[C@H]1CCCCN1C(=O)c1ccc(N=N[C@H]2C(=O)Nc3c2cccc3C(F)(F)F)cc1. The zero-order valence-electron chi connectivity index (χ0n) is 17.5. The van der Waals surface area contributed by atoms with Crippen molar-refractivity contribution in [3.63, 3.8) is 0 Å². The van der Waals surface area contributed by atoms with E-state index in [-0.39, 0.29) is 23.2 Å². The van der Waals surface area contributed by atoms with Crippen molar-refractivity contribution >= 4 is 23.2 Å². The summed E-state index contributed by atoms with van der Waals surface area (Å²) in [6.07, 6.45) is -0.536. The molecule has 1 N–H and O–H groups in total. The van der Waals surface area contributed by atoms with E-state index in [1.165, 1.54) is 12.1 Å². The molecule has 2 aliphatic heterocycles. The Morgan fingerprint density at radius 3 is 2.59 bits per heavy atom. The number of nitrogens with one attached hydrogen (secondary N) is 1. The fourth-order valence-electron chi connectivity index (χ4n) is 4.27. The number of halogens is 3. The number of benzene rings is 2. The second-order valence-corrected chi connectivity index (χ2v) is 7.98. The predicted octanol–water partition coefficient (Wildman–Crippen LogP) is 5.89. The Morgan fingerprint density at radius 1 is 1.16 bits per heavy atom. The molecule has 1 saturated heterocycles. The minimum atomic E-state index is -4.59. The van der Waals surface area contributed by atoms with Gasteiger partial charge in [-0.2, -0.15) is 23.4 Å². The second kappa shape index (κ2) is 8.72. The number of likely N-dealkylation sites (tertiary alicyclic amines) is 1. The molecule has 32 heavy (non-hydrogen) atoms. The number of carbonyl (C=O) groups is 2. The van der Waals surface area contributed by atoms with Crippen molar-refractivity contribution in [1.82, 2.24) is 4.90 Å². The lowest BCUT2D eigenvalue weighted by atomic mass is 9.99. The van der Waals surface area contributed by atoms with Gasteiger partial charge in [0.15, 0.2) is 6.04 Å². The maximum atomic E-state index is 13.2. The Kier molecular flexibility index (Phi) is 5.99. The molecule has 0 saturated carbocycles. The van der Waals surface area contributed by atoms with Crippen LogP contribution in [0.4, 0.5) is 24.5 Å². The number of rotatable bonds is 4. The molecule has 6 nitrogen and oxygen atoms in total. The molecular formula is C23H23F3N4O2. The molecule has 0 aliphatic carbocycles. The Labute approximate surface area is 183 Å². The summed E-state index contributed by atoms with van der Waals surface area (Å²) < 4.78 is 39.6. The van der Waals surface area contributed by atoms with Gasteiger partial charge in [-0.1, -0.05) is 19.1 Å². The Hall–Kier alpha value is -3.23. The molecule has 0 aromatic heterocycles. The molecule has 2 aliphatic rings. The topological polar surface area (TPSA) is 74.1 Å². The van der Waals surface area contributed by atoms with E-state index < -0.39 is 23.7 Å². The second-order valence-electron chi connectivity index (χ2n) is 7.98. The number of carbonyl (C=O) groups excluding carboxylic acids is 2. The van der Waals surface area contributed by atoms with Crippen LogP contribution in [0.1, 0.15) is 60.1 Å². The summed E-state index contributed by atoms with van der Waals surface area (Å²) in [6.45, 7) is 2.82. The molecule has 2 amide bonds. The summed E-state index contributed by atoms with van der Waals surface area (Å²) in [4.78, 5) is 27.0. The summed E-state index contributed by atoms with van der Waals surface area (Å²) in [6, 6.07) is 9.21. The monoisotopic (exact) mass is 444 g/mol. The molecule has 0 unspecified atom stereocenters. The normalized spacial score (nSPS) is 21.0. The van der Waals surface area contributed by atoms with E-state index in [0.717, 1.165) is 38.3 Å². The standard InChI is InChI=1S/C23H23F3N4O2/c1-2-16-6-3-4-13-30(16)22(32)14-9-11-15(12-10-14)28-29-20-17-7-5-8-18(23(24,25)26)19(17)27-21(20)31/h5,7-12,16,20H,2-4,6,13H2,1H3,(H,27,31)/t16-,20+/m0/s1. The first kappa shape index (κ1) is 22.0. The number of amides is 2. The highest BCUT2D eigenvalue weighted by Gasteiger charge is 2.40. The van der Waals surface area contributed by atoms with Crippen molar-refractivity contribution in [2.75, 3.05) is 11.9 Å². The van der Waals surface area contributed by atoms with Gasteiger partial charge in [0.25, 0.3) is 11.8 Å². The number of hydrogen-bond acceptors (Lipinski definition) is 4. The smallest absolute Gasteiger partial charge is 0.336 e. The van der Waals surface area contributed by atoms with Crippen molar-refractivity contribution in [1.29, 1.82) is 0 Å². The van der Waals surface area contributed by atoms with Crippen LogP contribution in [0.15, 0.2) is 52.7 Å². The summed E-state index contributed by atoms with van der Waals surface area (Å²) in [5.74, 6) is -0.688. The van der Waals surface area contributed by atoms with Crippen LogP contribution in [0.25, 0.3) is 0 Å². The van der Waals surface area contributed by atoms with Crippen LogP contribution in [0.3, 0.4) is 0 Å². The van der Waals surface area contributed by atoms with E-state index in [1.54, 1.807) is 24.3 Å². The lowest BCUT2D eigenvalue weighted by Crippen LogP contribution is -2.43. The minimum absolute atomic E-state index is 0.0242. The fourth-order valence-corrected chi connectivity index (χ4v) is 4.27. The molecule has 1 fully saturated rings. The van der Waals surface area contributed by atoms with Crippen LogP contribution in [-0.4, -0.2) is 29.3 Å². The van der Waals surface area contributed by atoms with E-state index in [2.05, 4.69) is 22.5 Å². The number of hydrogen-bond donors (Lipinski definition) is 1. The Balaban J connectivity index is 1.51. The van der Waals surface area contributed by atoms with E-state index >= 15 is 0 Å². The molecular weight excluding hydrogens is 421 g/mol. The van der Waals surface area contributed by atoms with Crippen LogP contribution in [-0.2, 0) is 11.0 Å². The highest BCUT2D eigenvalue weighted by Crippen LogP contribution is 2.43. The zero-order valence-corrected chi connectivity index (χ0v) is 17.5. The number of alkyl halides is 3. The minimum Gasteiger partial charge on any atom is -0.336 e. The predicted molar refractivity (Wildman–Crippen MR) is 113 cm³/mol. The maximum Gasteiger partial charge on any atom is 0.418 e. The third-order valence-electron chi connectivity index (χ3n) is 5.96. The van der Waals surface area contributed by atoms with Gasteiger partial charge in [0.05, 0.1) is 16.9 Å². The molecule has 0 radical (unpaired) electrons. The average Bonchev–Trinajstić information content (AvgIpc) is 3.11. The summed E-state index contributed by atoms with van der Waals surface area (Å²) in [5.41, 5.74) is -0.103. The molecule has 2 aromatic carbocycles. The van der Waals surface area contributed by atoms with Crippen LogP contribution in [0, 0.1) is 0 Å². The molecule has 4 rings (SSSR count). The summed E-state index contributed by atoms with van der Waals surface area (Å²) >= 11 is 0. The Morgan fingerprint density at radius 2 is 1.91 bits per heavy atom. The van der Waals surface area contributed by atoms with E-state index in [9.17, 15) is 22.8 Å². The van der Waals surface area contributed by atoms with E-state index in [0.29, 0.717) is 11.3 Å². The van der Waals surface area contributed by atoms with Gasteiger partial charge in [0.2, 0.25) is 0 Å². The Bertz CT molecular complexity index is 1050. The number of nitrogens with zero attached hydrogens (tertiary/aromatic N) is 3. The van der Waals surface area contributed by atoms with Crippen molar-refractivity contribution < 1.29 is 22.8 Å². The van der Waals surface area contributed by atoms with E-state index in [4.69, 9.17) is 0 Å². The molecule has 2 heterocycles. The van der Waals surface area contributed by atoms with Crippen molar-refractivity contribution in [2.24, 2.45) is 10.2 Å². The van der Waals surface area contributed by atoms with Gasteiger partial charge in [-0.05, 0) is 56.0 Å². The van der Waals surface area contributed by atoms with Gasteiger partial charge in [-0.15, -0.1) is 0 Å². The van der Waals surface area contributed by atoms with Gasteiger partial charge in [-0.25, -0.2) is 0 Å². The van der Waals surface area contributed by atoms with Crippen LogP contribution in [0.5, 0.6) is 0 Å². The van der Waals surface area contributed by atoms with Gasteiger partial charge < -0.3 is 10.2 Å². The molecule has 168 valence electrons. The van der Waals surface area contributed by atoms with Gasteiger partial charge >= 0.3 is 6.18 Å². The highest BCUT2D eigenvalue weighted by atomic mass is 19.4. The molecule has 9 heteroatoms. The third kappa shape index (κ3) is 4.24. The van der Waals surface area contributed by atoms with Crippen LogP contribution in [0.2, 0.25) is 0 Å². The number of piperidine rings is 1. The largest absolute Gasteiger partial charge is 0.418 e. The number of anilines is 1. The highest BCUT2D eigenvalue weighted by molar-refractivity contribution is 6.03.